The lowest BCUT2D eigenvalue weighted by atomic mass is 10.2. The number of hydrogen-bond acceptors (Lipinski definition) is 6. The third-order valence-corrected chi connectivity index (χ3v) is 3.33. The molecule has 0 saturated heterocycles. The van der Waals surface area contributed by atoms with E-state index in [1.54, 1.807) is 7.11 Å². The minimum atomic E-state index is 0. The van der Waals surface area contributed by atoms with Crippen LogP contribution in [0, 0.1) is 0 Å². The minimum absolute atomic E-state index is 0. The molecule has 1 heterocycles. The summed E-state index contributed by atoms with van der Waals surface area (Å²) in [5, 5.41) is 16.2. The van der Waals surface area contributed by atoms with Crippen molar-refractivity contribution in [2.45, 2.75) is 0 Å². The van der Waals surface area contributed by atoms with Crippen LogP contribution in [0.1, 0.15) is 0 Å². The van der Waals surface area contributed by atoms with Gasteiger partial charge in [-0.15, -0.1) is 0 Å². The molecule has 1 aromatic heterocycles. The van der Waals surface area contributed by atoms with E-state index in [-0.39, 0.29) is 19.0 Å². The molecule has 0 atom stereocenters. The summed E-state index contributed by atoms with van der Waals surface area (Å²) in [4.78, 5) is 9.03. The van der Waals surface area contributed by atoms with Gasteiger partial charge in [-0.05, 0) is 24.3 Å². The van der Waals surface area contributed by atoms with Gasteiger partial charge in [0.1, 0.15) is 11.6 Å². The number of anilines is 3. The SMILES string of the molecule is COc1cccc(Nc2nc(NCCO)c3ccccc3n2)c1.[Cl-]. The molecule has 0 amide bonds. The molecule has 0 fully saturated rings. The van der Waals surface area contributed by atoms with E-state index >= 15 is 0 Å². The lowest BCUT2D eigenvalue weighted by Crippen LogP contribution is -3.00. The van der Waals surface area contributed by atoms with Crippen molar-refractivity contribution in [1.29, 1.82) is 0 Å². The standard InChI is InChI=1S/C17H18N4O2.ClH/c1-23-13-6-4-5-12(11-13)19-17-20-15-8-3-2-7-14(15)16(21-17)18-9-10-22;/h2-8,11,22H,9-10H2,1H3,(H2,18,19,20,21);1H/p-1. The molecular weight excluding hydrogens is 328 g/mol. The van der Waals surface area contributed by atoms with Crippen molar-refractivity contribution in [3.05, 3.63) is 48.5 Å². The Morgan fingerprint density at radius 3 is 2.71 bits per heavy atom. The maximum atomic E-state index is 9.03. The molecule has 0 aliphatic carbocycles. The number of benzene rings is 2. The summed E-state index contributed by atoms with van der Waals surface area (Å²) in [6.07, 6.45) is 0. The highest BCUT2D eigenvalue weighted by Gasteiger charge is 2.07. The van der Waals surface area contributed by atoms with E-state index < -0.39 is 0 Å². The number of aliphatic hydroxyl groups is 1. The highest BCUT2D eigenvalue weighted by molar-refractivity contribution is 5.90. The van der Waals surface area contributed by atoms with Crippen LogP contribution in [0.25, 0.3) is 10.9 Å². The number of para-hydroxylation sites is 1. The second kappa shape index (κ2) is 8.33. The van der Waals surface area contributed by atoms with Crippen LogP contribution < -0.4 is 27.8 Å². The first-order valence-electron chi connectivity index (χ1n) is 7.33. The van der Waals surface area contributed by atoms with Crippen LogP contribution in [-0.4, -0.2) is 35.3 Å². The van der Waals surface area contributed by atoms with Gasteiger partial charge in [-0.25, -0.2) is 4.98 Å². The van der Waals surface area contributed by atoms with Crippen molar-refractivity contribution in [3.8, 4) is 5.75 Å². The number of nitrogens with zero attached hydrogens (tertiary/aromatic N) is 2. The number of aromatic nitrogens is 2. The van der Waals surface area contributed by atoms with Gasteiger partial charge in [-0.3, -0.25) is 0 Å². The first-order chi connectivity index (χ1) is 11.3. The smallest absolute Gasteiger partial charge is 0.229 e. The Hall–Kier alpha value is -2.57. The van der Waals surface area contributed by atoms with Crippen LogP contribution in [-0.2, 0) is 0 Å². The largest absolute Gasteiger partial charge is 1.00 e. The van der Waals surface area contributed by atoms with E-state index in [0.717, 1.165) is 22.3 Å². The molecule has 3 aromatic rings. The molecule has 6 nitrogen and oxygen atoms in total. The quantitative estimate of drug-likeness (QED) is 0.574. The van der Waals surface area contributed by atoms with Crippen LogP contribution in [0.15, 0.2) is 48.5 Å². The van der Waals surface area contributed by atoms with E-state index in [2.05, 4.69) is 20.6 Å². The Morgan fingerprint density at radius 1 is 1.08 bits per heavy atom. The fourth-order valence-electron chi connectivity index (χ4n) is 2.27. The van der Waals surface area contributed by atoms with Crippen molar-refractivity contribution in [3.63, 3.8) is 0 Å². The molecule has 0 spiro atoms. The molecule has 0 saturated carbocycles. The van der Waals surface area contributed by atoms with Crippen LogP contribution >= 0.6 is 0 Å². The molecule has 0 aliphatic heterocycles. The molecule has 7 heteroatoms. The highest BCUT2D eigenvalue weighted by Crippen LogP contribution is 2.24. The molecule has 126 valence electrons. The van der Waals surface area contributed by atoms with E-state index in [9.17, 15) is 0 Å². The fraction of sp³-hybridized carbons (Fsp3) is 0.176. The Balaban J connectivity index is 0.00000208. The monoisotopic (exact) mass is 345 g/mol. The van der Waals surface area contributed by atoms with Gasteiger partial charge in [0.25, 0.3) is 0 Å². The molecular formula is C17H18ClN4O2-. The second-order valence-corrected chi connectivity index (χ2v) is 4.92. The van der Waals surface area contributed by atoms with Crippen LogP contribution in [0.2, 0.25) is 0 Å². The number of nitrogens with one attached hydrogen (secondary N) is 2. The van der Waals surface area contributed by atoms with Crippen molar-refractivity contribution in [2.75, 3.05) is 30.9 Å². The highest BCUT2D eigenvalue weighted by atomic mass is 35.5. The molecule has 0 bridgehead atoms. The summed E-state index contributed by atoms with van der Waals surface area (Å²) < 4.78 is 5.22. The van der Waals surface area contributed by atoms with Crippen molar-refractivity contribution < 1.29 is 22.3 Å². The summed E-state index contributed by atoms with van der Waals surface area (Å²) in [7, 11) is 1.63. The maximum Gasteiger partial charge on any atom is 0.229 e. The Kier molecular flexibility index (Phi) is 6.17. The number of aliphatic hydroxyl groups excluding tert-OH is 1. The maximum absolute atomic E-state index is 9.03. The Bertz CT molecular complexity index is 813. The van der Waals surface area contributed by atoms with E-state index in [1.807, 2.05) is 48.5 Å². The van der Waals surface area contributed by atoms with Gasteiger partial charge < -0.3 is 32.9 Å². The summed E-state index contributed by atoms with van der Waals surface area (Å²) in [6.45, 7) is 0.469. The molecule has 24 heavy (non-hydrogen) atoms. The molecule has 3 N–H and O–H groups in total. The lowest BCUT2D eigenvalue weighted by molar-refractivity contribution is -0.00000612. The van der Waals surface area contributed by atoms with Crippen LogP contribution in [0.5, 0.6) is 5.75 Å². The van der Waals surface area contributed by atoms with Crippen LogP contribution in [0.3, 0.4) is 0 Å². The topological polar surface area (TPSA) is 79.3 Å². The predicted octanol–water partition coefficient (Wildman–Crippen LogP) is -0.210. The molecule has 0 aliphatic rings. The summed E-state index contributed by atoms with van der Waals surface area (Å²) in [5.74, 6) is 1.93. The van der Waals surface area contributed by atoms with Crippen molar-refractivity contribution in [2.24, 2.45) is 0 Å². The average molecular weight is 346 g/mol. The number of halogens is 1. The number of fused-ring (bicyclic) bond motifs is 1. The third kappa shape index (κ3) is 4.04. The van der Waals surface area contributed by atoms with Crippen molar-refractivity contribution >= 4 is 28.4 Å². The van der Waals surface area contributed by atoms with Gasteiger partial charge in [-0.1, -0.05) is 18.2 Å². The van der Waals surface area contributed by atoms with Gasteiger partial charge >= 0.3 is 0 Å². The lowest BCUT2D eigenvalue weighted by Gasteiger charge is -2.11. The predicted molar refractivity (Wildman–Crippen MR) is 91.4 cm³/mol. The number of methoxy groups -OCH3 is 1. The van der Waals surface area contributed by atoms with Gasteiger partial charge in [0.2, 0.25) is 5.95 Å². The first kappa shape index (κ1) is 17.8. The summed E-state index contributed by atoms with van der Waals surface area (Å²) in [5.41, 5.74) is 1.67. The van der Waals surface area contributed by atoms with E-state index in [4.69, 9.17) is 9.84 Å². The third-order valence-electron chi connectivity index (χ3n) is 3.33. The number of ether oxygens (including phenoxy) is 1. The van der Waals surface area contributed by atoms with Gasteiger partial charge in [0, 0.05) is 23.7 Å². The van der Waals surface area contributed by atoms with Gasteiger partial charge in [0.15, 0.2) is 0 Å². The summed E-state index contributed by atoms with van der Waals surface area (Å²) >= 11 is 0. The molecule has 3 rings (SSSR count). The molecule has 0 radical (unpaired) electrons. The zero-order valence-electron chi connectivity index (χ0n) is 13.2. The molecule has 0 unspecified atom stereocenters. The van der Waals surface area contributed by atoms with Crippen LogP contribution in [0.4, 0.5) is 17.5 Å². The average Bonchev–Trinajstić information content (AvgIpc) is 2.60. The molecule has 2 aromatic carbocycles. The second-order valence-electron chi connectivity index (χ2n) is 4.92. The normalized spacial score (nSPS) is 10.1. The van der Waals surface area contributed by atoms with Gasteiger partial charge in [0.05, 0.1) is 19.2 Å². The van der Waals surface area contributed by atoms with E-state index in [1.165, 1.54) is 0 Å². The van der Waals surface area contributed by atoms with Crippen molar-refractivity contribution in [1.82, 2.24) is 9.97 Å². The minimum Gasteiger partial charge on any atom is -1.00 e. The Morgan fingerprint density at radius 2 is 1.92 bits per heavy atom. The number of rotatable bonds is 6. The summed E-state index contributed by atoms with van der Waals surface area (Å²) in [6, 6.07) is 15.3. The van der Waals surface area contributed by atoms with E-state index in [0.29, 0.717) is 18.3 Å². The zero-order chi connectivity index (χ0) is 16.1. The van der Waals surface area contributed by atoms with Gasteiger partial charge in [-0.2, -0.15) is 4.98 Å². The fourth-order valence-corrected chi connectivity index (χ4v) is 2.27. The number of hydrogen-bond donors (Lipinski definition) is 3. The first-order valence-corrected chi connectivity index (χ1v) is 7.33. The zero-order valence-corrected chi connectivity index (χ0v) is 13.9. The Labute approximate surface area is 146 Å².